The van der Waals surface area contributed by atoms with Gasteiger partial charge in [0.2, 0.25) is 0 Å². The third-order valence-electron chi connectivity index (χ3n) is 4.79. The van der Waals surface area contributed by atoms with Crippen molar-refractivity contribution in [2.75, 3.05) is 6.61 Å². The van der Waals surface area contributed by atoms with Crippen LogP contribution in [-0.4, -0.2) is 16.8 Å². The van der Waals surface area contributed by atoms with Gasteiger partial charge in [0.1, 0.15) is 17.2 Å². The topological polar surface area (TPSA) is 49.7 Å². The van der Waals surface area contributed by atoms with Crippen molar-refractivity contribution in [2.24, 2.45) is 0 Å². The first-order valence-electron chi connectivity index (χ1n) is 8.76. The van der Waals surface area contributed by atoms with Crippen LogP contribution in [0, 0.1) is 6.07 Å². The zero-order valence-electron chi connectivity index (χ0n) is 14.9. The van der Waals surface area contributed by atoms with Gasteiger partial charge in [-0.25, -0.2) is 0 Å². The zero-order valence-corrected chi connectivity index (χ0v) is 14.9. The van der Waals surface area contributed by atoms with E-state index in [9.17, 15) is 10.2 Å². The van der Waals surface area contributed by atoms with Crippen molar-refractivity contribution in [1.29, 1.82) is 0 Å². The summed E-state index contributed by atoms with van der Waals surface area (Å²) in [6.07, 6.45) is 1.75. The highest BCUT2D eigenvalue weighted by molar-refractivity contribution is 5.42. The highest BCUT2D eigenvalue weighted by atomic mass is 16.5. The fraction of sp³-hybridized carbons (Fsp3) is 0.217. The zero-order chi connectivity index (χ0) is 18.4. The first-order valence-corrected chi connectivity index (χ1v) is 8.76. The van der Waals surface area contributed by atoms with Gasteiger partial charge in [-0.05, 0) is 66.4 Å². The van der Waals surface area contributed by atoms with E-state index in [0.717, 1.165) is 29.7 Å². The Bertz CT molecular complexity index is 763. The number of benzene rings is 3. The van der Waals surface area contributed by atoms with Gasteiger partial charge in [0, 0.05) is 5.41 Å². The van der Waals surface area contributed by atoms with E-state index in [-0.39, 0.29) is 16.9 Å². The van der Waals surface area contributed by atoms with E-state index in [1.165, 1.54) is 0 Å². The second-order valence-electron chi connectivity index (χ2n) is 6.61. The Morgan fingerprint density at radius 1 is 0.808 bits per heavy atom. The van der Waals surface area contributed by atoms with Crippen molar-refractivity contribution < 1.29 is 14.9 Å². The van der Waals surface area contributed by atoms with Crippen LogP contribution in [0.2, 0.25) is 0 Å². The molecule has 0 aliphatic rings. The number of hydrogen-bond donors (Lipinski definition) is 2. The van der Waals surface area contributed by atoms with Crippen LogP contribution >= 0.6 is 0 Å². The smallest absolute Gasteiger partial charge is 0.119 e. The molecule has 0 aliphatic carbocycles. The molecule has 0 spiro atoms. The molecule has 3 aromatic rings. The van der Waals surface area contributed by atoms with Crippen LogP contribution in [0.4, 0.5) is 0 Å². The summed E-state index contributed by atoms with van der Waals surface area (Å²) < 4.78 is 5.81. The summed E-state index contributed by atoms with van der Waals surface area (Å²) in [6.45, 7) is 2.80. The Hall–Kier alpha value is -2.94. The average molecular weight is 347 g/mol. The fourth-order valence-corrected chi connectivity index (χ4v) is 3.20. The molecule has 0 saturated heterocycles. The molecule has 133 valence electrons. The Labute approximate surface area is 154 Å². The minimum absolute atomic E-state index is 0.241. The largest absolute Gasteiger partial charge is 0.508 e. The fourth-order valence-electron chi connectivity index (χ4n) is 3.20. The molecule has 3 nitrogen and oxygen atoms in total. The lowest BCUT2D eigenvalue weighted by atomic mass is 9.73. The Morgan fingerprint density at radius 2 is 1.31 bits per heavy atom. The number of hydrogen-bond acceptors (Lipinski definition) is 3. The second kappa shape index (κ2) is 7.96. The van der Waals surface area contributed by atoms with Crippen molar-refractivity contribution in [3.63, 3.8) is 0 Å². The lowest BCUT2D eigenvalue weighted by Gasteiger charge is -2.31. The van der Waals surface area contributed by atoms with Crippen LogP contribution in [0.3, 0.4) is 0 Å². The number of phenolic OH excluding ortho intramolecular Hbond substituents is 2. The molecule has 0 fully saturated rings. The summed E-state index contributed by atoms with van der Waals surface area (Å²) in [5.41, 5.74) is 2.00. The summed E-state index contributed by atoms with van der Waals surface area (Å²) in [5.74, 6) is 1.36. The summed E-state index contributed by atoms with van der Waals surface area (Å²) >= 11 is 0. The molecule has 0 unspecified atom stereocenters. The van der Waals surface area contributed by atoms with Gasteiger partial charge in [-0.3, -0.25) is 0 Å². The SMILES string of the molecule is CC(CCCOc1cc[c]cc1)(c1ccc(O)cc1)c1ccc(O)cc1. The van der Waals surface area contributed by atoms with Crippen LogP contribution in [0.1, 0.15) is 30.9 Å². The van der Waals surface area contributed by atoms with Crippen molar-refractivity contribution in [3.8, 4) is 17.2 Å². The molecule has 0 atom stereocenters. The van der Waals surface area contributed by atoms with Gasteiger partial charge in [-0.1, -0.05) is 43.3 Å². The van der Waals surface area contributed by atoms with E-state index in [2.05, 4.69) is 13.0 Å². The van der Waals surface area contributed by atoms with Crippen LogP contribution in [0.25, 0.3) is 0 Å². The summed E-state index contributed by atoms with van der Waals surface area (Å²) in [7, 11) is 0. The minimum Gasteiger partial charge on any atom is -0.508 e. The van der Waals surface area contributed by atoms with Crippen LogP contribution in [0.5, 0.6) is 17.2 Å². The highest BCUT2D eigenvalue weighted by Crippen LogP contribution is 2.37. The van der Waals surface area contributed by atoms with Gasteiger partial charge in [0.25, 0.3) is 0 Å². The number of ether oxygens (including phenoxy) is 1. The molecule has 0 aliphatic heterocycles. The molecular weight excluding hydrogens is 324 g/mol. The first kappa shape index (κ1) is 17.9. The lowest BCUT2D eigenvalue weighted by Crippen LogP contribution is -2.24. The van der Waals surface area contributed by atoms with E-state index in [0.29, 0.717) is 6.61 Å². The molecule has 2 N–H and O–H groups in total. The highest BCUT2D eigenvalue weighted by Gasteiger charge is 2.28. The van der Waals surface area contributed by atoms with E-state index in [1.807, 2.05) is 48.5 Å². The maximum absolute atomic E-state index is 9.61. The molecule has 26 heavy (non-hydrogen) atoms. The summed E-state index contributed by atoms with van der Waals surface area (Å²) in [6, 6.07) is 25.1. The summed E-state index contributed by atoms with van der Waals surface area (Å²) in [5, 5.41) is 19.2. The van der Waals surface area contributed by atoms with Crippen LogP contribution in [-0.2, 0) is 5.41 Å². The molecule has 3 heteroatoms. The molecule has 0 saturated carbocycles. The average Bonchev–Trinajstić information content (AvgIpc) is 2.67. The number of phenols is 2. The monoisotopic (exact) mass is 347 g/mol. The minimum atomic E-state index is -0.241. The van der Waals surface area contributed by atoms with Gasteiger partial charge in [-0.2, -0.15) is 0 Å². The third-order valence-corrected chi connectivity index (χ3v) is 4.79. The molecular formula is C23H23O3. The van der Waals surface area contributed by atoms with Crippen LogP contribution < -0.4 is 4.74 Å². The summed E-state index contributed by atoms with van der Waals surface area (Å²) in [4.78, 5) is 0. The standard InChI is InChI=1S/C23H23O3/c1-23(18-8-12-20(24)13-9-18,19-10-14-21(25)15-11-19)16-5-17-26-22-6-3-2-4-7-22/h3-4,6-15,24-25H,5,16-17H2,1H3. The molecule has 0 heterocycles. The van der Waals surface area contributed by atoms with E-state index in [4.69, 9.17) is 4.74 Å². The second-order valence-corrected chi connectivity index (χ2v) is 6.61. The lowest BCUT2D eigenvalue weighted by molar-refractivity contribution is 0.293. The molecule has 1 radical (unpaired) electrons. The van der Waals surface area contributed by atoms with E-state index < -0.39 is 0 Å². The van der Waals surface area contributed by atoms with Gasteiger partial charge >= 0.3 is 0 Å². The third kappa shape index (κ3) is 4.17. The number of rotatable bonds is 7. The quantitative estimate of drug-likeness (QED) is 0.587. The first-order chi connectivity index (χ1) is 12.6. The predicted octanol–water partition coefficient (Wildman–Crippen LogP) is 5.06. The van der Waals surface area contributed by atoms with E-state index >= 15 is 0 Å². The van der Waals surface area contributed by atoms with Gasteiger partial charge < -0.3 is 14.9 Å². The van der Waals surface area contributed by atoms with Crippen molar-refractivity contribution in [3.05, 3.63) is 90.0 Å². The molecule has 0 bridgehead atoms. The van der Waals surface area contributed by atoms with Crippen molar-refractivity contribution >= 4 is 0 Å². The van der Waals surface area contributed by atoms with Crippen molar-refractivity contribution in [1.82, 2.24) is 0 Å². The van der Waals surface area contributed by atoms with E-state index in [1.54, 1.807) is 24.3 Å². The molecule has 0 amide bonds. The van der Waals surface area contributed by atoms with Gasteiger partial charge in [-0.15, -0.1) is 0 Å². The van der Waals surface area contributed by atoms with Gasteiger partial charge in [0.05, 0.1) is 6.61 Å². The predicted molar refractivity (Wildman–Crippen MR) is 103 cm³/mol. The Morgan fingerprint density at radius 3 is 1.81 bits per heavy atom. The normalized spacial score (nSPS) is 11.3. The van der Waals surface area contributed by atoms with Crippen molar-refractivity contribution in [2.45, 2.75) is 25.2 Å². The molecule has 3 rings (SSSR count). The molecule has 3 aromatic carbocycles. The Balaban J connectivity index is 1.76. The Kier molecular flexibility index (Phi) is 5.47. The van der Waals surface area contributed by atoms with Gasteiger partial charge in [0.15, 0.2) is 0 Å². The van der Waals surface area contributed by atoms with Crippen LogP contribution in [0.15, 0.2) is 72.8 Å². The maximum Gasteiger partial charge on any atom is 0.119 e. The molecule has 0 aromatic heterocycles. The number of aromatic hydroxyl groups is 2. The maximum atomic E-state index is 9.61.